The fourth-order valence-electron chi connectivity index (χ4n) is 6.58. The first-order valence-corrected chi connectivity index (χ1v) is 15.8. The van der Waals surface area contributed by atoms with E-state index in [1.807, 2.05) is 6.08 Å². The Morgan fingerprint density at radius 3 is 2.64 bits per heavy atom. The fraction of sp³-hybridized carbons (Fsp3) is 0.529. The normalized spacial score (nSPS) is 26.8. The van der Waals surface area contributed by atoms with Gasteiger partial charge < -0.3 is 55.7 Å². The van der Waals surface area contributed by atoms with E-state index < -0.39 is 19.0 Å². The molecule has 5 rings (SSSR count). The Bertz CT molecular complexity index is 1370. The molecule has 11 nitrogen and oxygen atoms in total. The molecule has 246 valence electrons. The van der Waals surface area contributed by atoms with Crippen molar-refractivity contribution in [2.24, 2.45) is 11.7 Å². The molecule has 3 aliphatic heterocycles. The Labute approximate surface area is 264 Å². The molecule has 0 unspecified atom stereocenters. The van der Waals surface area contributed by atoms with Crippen molar-refractivity contribution in [1.29, 1.82) is 0 Å². The summed E-state index contributed by atoms with van der Waals surface area (Å²) in [4.78, 5) is 0. The second-order valence-electron chi connectivity index (χ2n) is 12.3. The van der Waals surface area contributed by atoms with Gasteiger partial charge in [0.1, 0.15) is 6.61 Å². The molecule has 0 radical (unpaired) electrons. The van der Waals surface area contributed by atoms with E-state index in [4.69, 9.17) is 29.8 Å². The van der Waals surface area contributed by atoms with Crippen LogP contribution in [0.3, 0.4) is 0 Å². The molecule has 45 heavy (non-hydrogen) atoms. The molecule has 2 aromatic rings. The molecule has 0 aromatic heterocycles. The quantitative estimate of drug-likeness (QED) is 0.173. The Hall–Kier alpha value is -3.64. The van der Waals surface area contributed by atoms with Gasteiger partial charge in [-0.3, -0.25) is 0 Å². The number of ether oxygens (including phenoxy) is 4. The van der Waals surface area contributed by atoms with Crippen LogP contribution in [0.5, 0.6) is 28.7 Å². The van der Waals surface area contributed by atoms with Crippen LogP contribution in [-0.2, 0) is 11.2 Å². The molecule has 0 amide bonds. The van der Waals surface area contributed by atoms with Crippen LogP contribution in [0, 0.1) is 5.92 Å². The minimum Gasteiger partial charge on any atom is -0.504 e. The summed E-state index contributed by atoms with van der Waals surface area (Å²) in [5.41, 5.74) is 8.90. The highest BCUT2D eigenvalue weighted by atomic mass is 16.6. The fourth-order valence-corrected chi connectivity index (χ4v) is 6.58. The lowest BCUT2D eigenvalue weighted by atomic mass is 9.83. The third kappa shape index (κ3) is 8.55. The minimum absolute atomic E-state index is 0.0395. The number of nitrogens with two attached hydrogens (primary N) is 1. The molecule has 2 aromatic carbocycles. The van der Waals surface area contributed by atoms with Crippen LogP contribution in [0.25, 0.3) is 0 Å². The number of aliphatic hydroxyl groups is 2. The number of piperidine rings is 1. The van der Waals surface area contributed by atoms with Crippen LogP contribution in [0.2, 0.25) is 0 Å². The van der Waals surface area contributed by atoms with Gasteiger partial charge in [0, 0.05) is 25.0 Å². The Balaban J connectivity index is 1.27. The zero-order valence-corrected chi connectivity index (χ0v) is 26.1. The van der Waals surface area contributed by atoms with Crippen molar-refractivity contribution in [2.45, 2.75) is 82.3 Å². The van der Waals surface area contributed by atoms with E-state index in [0.29, 0.717) is 55.8 Å². The monoisotopic (exact) mass is 625 g/mol. The number of methoxy groups -OCH3 is 1. The number of phenolic OH excluding ortho intramolecular Hbond substituents is 2. The third-order valence-electron chi connectivity index (χ3n) is 9.00. The average molecular weight is 626 g/mol. The molecule has 3 heterocycles. The maximum absolute atomic E-state index is 11.0. The van der Waals surface area contributed by atoms with Crippen LogP contribution in [0.4, 0.5) is 0 Å². The summed E-state index contributed by atoms with van der Waals surface area (Å²) >= 11 is 0. The zero-order chi connectivity index (χ0) is 31.9. The number of benzene rings is 2. The predicted octanol–water partition coefficient (Wildman–Crippen LogP) is 3.50. The van der Waals surface area contributed by atoms with Crippen molar-refractivity contribution in [3.05, 3.63) is 65.0 Å². The molecule has 0 bridgehead atoms. The highest BCUT2D eigenvalue weighted by molar-refractivity contribution is 5.53. The predicted molar refractivity (Wildman–Crippen MR) is 169 cm³/mol. The highest BCUT2D eigenvalue weighted by Gasteiger charge is 2.32. The standard InChI is InChI=1S/C34H47N3O8/c1-20-3-6-23(11-22-9-10-36-33(35)13-22)27(37-20)18-43-32-15-24(14-31(42-2)34(32)41)29-17-25(39)16-26(45-29)7-4-21-5-8-28(40)30(12-21)44-19-38/h5,8-9,12-15,20,23,25-27,29,36-41H,3-4,6-7,10-11,16-19,35H2,1-2H3/t20-,23+,25-,26-,27-,29-/m0/s1. The Kier molecular flexibility index (Phi) is 11.0. The van der Waals surface area contributed by atoms with Crippen LogP contribution in [0.15, 0.2) is 53.9 Å². The lowest BCUT2D eigenvalue weighted by Crippen LogP contribution is -2.49. The second-order valence-corrected chi connectivity index (χ2v) is 12.3. The number of hydrogen-bond donors (Lipinski definition) is 7. The van der Waals surface area contributed by atoms with Gasteiger partial charge in [0.15, 0.2) is 29.8 Å². The second kappa shape index (κ2) is 15.1. The number of hydrogen-bond acceptors (Lipinski definition) is 11. The summed E-state index contributed by atoms with van der Waals surface area (Å²) in [6, 6.07) is 8.99. The Morgan fingerprint density at radius 2 is 1.87 bits per heavy atom. The van der Waals surface area contributed by atoms with Gasteiger partial charge in [0.2, 0.25) is 5.75 Å². The number of allylic oxidation sites excluding steroid dienone is 2. The number of phenols is 2. The van der Waals surface area contributed by atoms with Crippen LogP contribution in [-0.4, -0.2) is 71.8 Å². The molecule has 6 atom stereocenters. The smallest absolute Gasteiger partial charge is 0.200 e. The highest BCUT2D eigenvalue weighted by Crippen LogP contribution is 2.43. The van der Waals surface area contributed by atoms with E-state index in [1.165, 1.54) is 18.7 Å². The van der Waals surface area contributed by atoms with E-state index in [1.54, 1.807) is 24.3 Å². The van der Waals surface area contributed by atoms with Gasteiger partial charge >= 0.3 is 0 Å². The molecule has 0 spiro atoms. The molecular formula is C34H47N3O8. The van der Waals surface area contributed by atoms with Crippen molar-refractivity contribution >= 4 is 0 Å². The van der Waals surface area contributed by atoms with Crippen molar-refractivity contribution in [3.63, 3.8) is 0 Å². The van der Waals surface area contributed by atoms with Crippen LogP contribution >= 0.6 is 0 Å². The minimum atomic E-state index is -0.563. The maximum Gasteiger partial charge on any atom is 0.200 e. The summed E-state index contributed by atoms with van der Waals surface area (Å²) in [6.07, 6.45) is 8.15. The summed E-state index contributed by atoms with van der Waals surface area (Å²) in [5, 5.41) is 47.6. The van der Waals surface area contributed by atoms with Crippen LogP contribution in [0.1, 0.15) is 62.7 Å². The SMILES string of the molecule is COc1cc([C@@H]2C[C@@H](O)C[C@H](CCc3ccc(O)c(OCO)c3)O2)cc(OC[C@@H]2N[C@@H](C)CC[C@@H]2CC2=CCNC(N)=C2)c1O. The number of rotatable bonds is 12. The summed E-state index contributed by atoms with van der Waals surface area (Å²) in [5.74, 6) is 1.74. The zero-order valence-electron chi connectivity index (χ0n) is 26.1. The first-order valence-electron chi connectivity index (χ1n) is 15.8. The van der Waals surface area contributed by atoms with Gasteiger partial charge in [-0.2, -0.15) is 0 Å². The van der Waals surface area contributed by atoms with Crippen LogP contribution < -0.4 is 30.6 Å². The first-order chi connectivity index (χ1) is 21.7. The van der Waals surface area contributed by atoms with E-state index in [9.17, 15) is 15.3 Å². The van der Waals surface area contributed by atoms with Crippen molar-refractivity contribution in [1.82, 2.24) is 10.6 Å². The number of aryl methyl sites for hydroxylation is 1. The van der Waals surface area contributed by atoms with Crippen molar-refractivity contribution in [2.75, 3.05) is 27.1 Å². The topological polar surface area (TPSA) is 168 Å². The van der Waals surface area contributed by atoms with E-state index in [0.717, 1.165) is 36.9 Å². The van der Waals surface area contributed by atoms with Gasteiger partial charge in [-0.25, -0.2) is 0 Å². The molecule has 8 N–H and O–H groups in total. The van der Waals surface area contributed by atoms with Gasteiger partial charge in [0.05, 0.1) is 31.2 Å². The summed E-state index contributed by atoms with van der Waals surface area (Å²) in [7, 11) is 1.50. The molecule has 2 fully saturated rings. The lowest BCUT2D eigenvalue weighted by molar-refractivity contribution is -0.0999. The number of nitrogens with one attached hydrogen (secondary N) is 2. The number of aromatic hydroxyl groups is 2. The van der Waals surface area contributed by atoms with Gasteiger partial charge in [0.25, 0.3) is 0 Å². The number of dihydropyridines is 1. The molecular weight excluding hydrogens is 578 g/mol. The largest absolute Gasteiger partial charge is 0.504 e. The average Bonchev–Trinajstić information content (AvgIpc) is 3.02. The first kappa shape index (κ1) is 32.7. The molecule has 0 aliphatic carbocycles. The Morgan fingerprint density at radius 1 is 1.04 bits per heavy atom. The third-order valence-corrected chi connectivity index (χ3v) is 9.00. The van der Waals surface area contributed by atoms with E-state index >= 15 is 0 Å². The van der Waals surface area contributed by atoms with E-state index in [-0.39, 0.29) is 35.1 Å². The lowest BCUT2D eigenvalue weighted by Gasteiger charge is -2.37. The summed E-state index contributed by atoms with van der Waals surface area (Å²) in [6.45, 7) is 2.74. The molecule has 11 heteroatoms. The molecule has 2 saturated heterocycles. The summed E-state index contributed by atoms with van der Waals surface area (Å²) < 4.78 is 23.4. The van der Waals surface area contributed by atoms with Gasteiger partial charge in [-0.05, 0) is 98.4 Å². The number of aliphatic hydroxyl groups excluding tert-OH is 2. The van der Waals surface area contributed by atoms with Gasteiger partial charge in [-0.15, -0.1) is 0 Å². The van der Waals surface area contributed by atoms with Gasteiger partial charge in [-0.1, -0.05) is 12.1 Å². The molecule has 0 saturated carbocycles. The van der Waals surface area contributed by atoms with E-state index in [2.05, 4.69) is 23.6 Å². The van der Waals surface area contributed by atoms with Crippen molar-refractivity contribution < 1.29 is 39.4 Å². The maximum atomic E-state index is 11.0. The van der Waals surface area contributed by atoms with Crippen molar-refractivity contribution in [3.8, 4) is 28.7 Å². The molecule has 3 aliphatic rings.